The zero-order chi connectivity index (χ0) is 21.1. The first-order chi connectivity index (χ1) is 13.7. The molecule has 3 rings (SSSR count). The average Bonchev–Trinajstić information content (AvgIpc) is 2.72. The van der Waals surface area contributed by atoms with Gasteiger partial charge in [0, 0.05) is 29.5 Å². The van der Waals surface area contributed by atoms with Crippen LogP contribution in [0.5, 0.6) is 0 Å². The minimum atomic E-state index is -3.34. The molecule has 1 aliphatic rings. The molecular weight excluding hydrogens is 460 g/mol. The maximum absolute atomic E-state index is 13.1. The Hall–Kier alpha value is -2.23. The molecule has 7 nitrogen and oxygen atoms in total. The highest BCUT2D eigenvalue weighted by Crippen LogP contribution is 2.35. The van der Waals surface area contributed by atoms with Gasteiger partial charge in [-0.3, -0.25) is 20.4 Å². The van der Waals surface area contributed by atoms with E-state index < -0.39 is 21.2 Å². The SMILES string of the molecule is CS(=O)(=O)c1ccc(C(=O)NNC(=O)C2(c3ccc(Br)cc3)CCOCC2)cc1. The molecule has 2 N–H and O–H groups in total. The number of halogens is 1. The fourth-order valence-corrected chi connectivity index (χ4v) is 4.19. The van der Waals surface area contributed by atoms with Crippen molar-refractivity contribution in [2.75, 3.05) is 19.5 Å². The van der Waals surface area contributed by atoms with Crippen molar-refractivity contribution >= 4 is 37.6 Å². The van der Waals surface area contributed by atoms with Gasteiger partial charge in [0.2, 0.25) is 5.91 Å². The number of nitrogens with one attached hydrogen (secondary N) is 2. The summed E-state index contributed by atoms with van der Waals surface area (Å²) in [6, 6.07) is 13.0. The van der Waals surface area contributed by atoms with Gasteiger partial charge in [-0.2, -0.15) is 0 Å². The molecule has 1 aliphatic heterocycles. The molecule has 2 aromatic carbocycles. The smallest absolute Gasteiger partial charge is 0.269 e. The Labute approximate surface area is 177 Å². The molecule has 0 saturated carbocycles. The van der Waals surface area contributed by atoms with E-state index in [-0.39, 0.29) is 16.4 Å². The van der Waals surface area contributed by atoms with Crippen molar-refractivity contribution < 1.29 is 22.7 Å². The summed E-state index contributed by atoms with van der Waals surface area (Å²) in [5.41, 5.74) is 5.24. The number of amides is 2. The van der Waals surface area contributed by atoms with Crippen LogP contribution in [-0.4, -0.2) is 39.7 Å². The van der Waals surface area contributed by atoms with Crippen LogP contribution in [0.1, 0.15) is 28.8 Å². The Balaban J connectivity index is 1.73. The van der Waals surface area contributed by atoms with Gasteiger partial charge in [0.05, 0.1) is 10.3 Å². The third-order valence-electron chi connectivity index (χ3n) is 5.01. The molecule has 0 radical (unpaired) electrons. The second kappa shape index (κ2) is 8.64. The third-order valence-corrected chi connectivity index (χ3v) is 6.67. The summed E-state index contributed by atoms with van der Waals surface area (Å²) in [4.78, 5) is 25.5. The van der Waals surface area contributed by atoms with Crippen molar-refractivity contribution in [3.63, 3.8) is 0 Å². The largest absolute Gasteiger partial charge is 0.381 e. The van der Waals surface area contributed by atoms with Crippen LogP contribution in [0, 0.1) is 0 Å². The summed E-state index contributed by atoms with van der Waals surface area (Å²) in [6.07, 6.45) is 2.09. The second-order valence-corrected chi connectivity index (χ2v) is 9.84. The second-order valence-electron chi connectivity index (χ2n) is 6.91. The van der Waals surface area contributed by atoms with E-state index in [0.717, 1.165) is 16.3 Å². The van der Waals surface area contributed by atoms with Crippen molar-refractivity contribution in [3.05, 3.63) is 64.1 Å². The van der Waals surface area contributed by atoms with Crippen LogP contribution in [-0.2, 0) is 24.8 Å². The van der Waals surface area contributed by atoms with E-state index in [0.29, 0.717) is 26.1 Å². The monoisotopic (exact) mass is 480 g/mol. The van der Waals surface area contributed by atoms with Crippen LogP contribution in [0.4, 0.5) is 0 Å². The molecule has 0 spiro atoms. The normalized spacial score (nSPS) is 16.1. The van der Waals surface area contributed by atoms with Gasteiger partial charge in [0.25, 0.3) is 5.91 Å². The Morgan fingerprint density at radius 1 is 0.966 bits per heavy atom. The summed E-state index contributed by atoms with van der Waals surface area (Å²) in [5, 5.41) is 0. The molecular formula is C20H21BrN2O5S. The predicted octanol–water partition coefficient (Wildman–Crippen LogP) is 2.36. The average molecular weight is 481 g/mol. The number of benzene rings is 2. The number of sulfone groups is 1. The summed E-state index contributed by atoms with van der Waals surface area (Å²) in [6.45, 7) is 0.898. The summed E-state index contributed by atoms with van der Waals surface area (Å²) in [7, 11) is -3.34. The topological polar surface area (TPSA) is 102 Å². The van der Waals surface area contributed by atoms with Crippen LogP contribution in [0.15, 0.2) is 57.9 Å². The lowest BCUT2D eigenvalue weighted by Crippen LogP contribution is -2.53. The number of carbonyl (C=O) groups excluding carboxylic acids is 2. The molecule has 154 valence electrons. The minimum Gasteiger partial charge on any atom is -0.381 e. The molecule has 2 amide bonds. The predicted molar refractivity (Wildman–Crippen MR) is 111 cm³/mol. The highest BCUT2D eigenvalue weighted by Gasteiger charge is 2.42. The first-order valence-corrected chi connectivity index (χ1v) is 11.7. The van der Waals surface area contributed by atoms with Gasteiger partial charge in [-0.05, 0) is 54.8 Å². The Morgan fingerprint density at radius 2 is 1.55 bits per heavy atom. The van der Waals surface area contributed by atoms with Crippen molar-refractivity contribution in [1.82, 2.24) is 10.9 Å². The number of hydrogen-bond donors (Lipinski definition) is 2. The van der Waals surface area contributed by atoms with E-state index in [1.54, 1.807) is 0 Å². The maximum atomic E-state index is 13.1. The van der Waals surface area contributed by atoms with E-state index in [9.17, 15) is 18.0 Å². The summed E-state index contributed by atoms with van der Waals surface area (Å²) in [5.74, 6) is -0.847. The lowest BCUT2D eigenvalue weighted by molar-refractivity contribution is -0.131. The first-order valence-electron chi connectivity index (χ1n) is 8.97. The van der Waals surface area contributed by atoms with Gasteiger partial charge in [0.15, 0.2) is 9.84 Å². The lowest BCUT2D eigenvalue weighted by atomic mass is 9.73. The quantitative estimate of drug-likeness (QED) is 0.653. The molecule has 1 fully saturated rings. The number of carbonyl (C=O) groups is 2. The van der Waals surface area contributed by atoms with Gasteiger partial charge >= 0.3 is 0 Å². The first kappa shape index (κ1) is 21.5. The van der Waals surface area contributed by atoms with Gasteiger partial charge in [0.1, 0.15) is 0 Å². The van der Waals surface area contributed by atoms with Crippen molar-refractivity contribution in [3.8, 4) is 0 Å². The molecule has 0 atom stereocenters. The number of ether oxygens (including phenoxy) is 1. The fraction of sp³-hybridized carbons (Fsp3) is 0.300. The molecule has 9 heteroatoms. The molecule has 1 heterocycles. The number of hydrogen-bond acceptors (Lipinski definition) is 5. The highest BCUT2D eigenvalue weighted by atomic mass is 79.9. The molecule has 2 aromatic rings. The van der Waals surface area contributed by atoms with Gasteiger partial charge in [-0.1, -0.05) is 28.1 Å². The van der Waals surface area contributed by atoms with E-state index in [1.807, 2.05) is 24.3 Å². The third kappa shape index (κ3) is 4.85. The molecule has 29 heavy (non-hydrogen) atoms. The van der Waals surface area contributed by atoms with E-state index in [2.05, 4.69) is 26.8 Å². The fourth-order valence-electron chi connectivity index (χ4n) is 3.29. The lowest BCUT2D eigenvalue weighted by Gasteiger charge is -2.36. The minimum absolute atomic E-state index is 0.120. The van der Waals surface area contributed by atoms with Gasteiger partial charge in [-0.25, -0.2) is 8.42 Å². The van der Waals surface area contributed by atoms with Crippen LogP contribution in [0.25, 0.3) is 0 Å². The van der Waals surface area contributed by atoms with Crippen molar-refractivity contribution in [1.29, 1.82) is 0 Å². The molecule has 0 bridgehead atoms. The van der Waals surface area contributed by atoms with E-state index >= 15 is 0 Å². The number of rotatable bonds is 4. The van der Waals surface area contributed by atoms with Crippen LogP contribution >= 0.6 is 15.9 Å². The molecule has 0 aromatic heterocycles. The Morgan fingerprint density at radius 3 is 2.10 bits per heavy atom. The van der Waals surface area contributed by atoms with Crippen LogP contribution in [0.2, 0.25) is 0 Å². The van der Waals surface area contributed by atoms with Gasteiger partial charge in [-0.15, -0.1) is 0 Å². The molecule has 1 saturated heterocycles. The zero-order valence-electron chi connectivity index (χ0n) is 15.8. The van der Waals surface area contributed by atoms with Gasteiger partial charge < -0.3 is 4.74 Å². The standard InChI is InChI=1S/C20H21BrN2O5S/c1-29(26,27)17-8-2-14(3-9-17)18(24)22-23-19(25)20(10-12-28-13-11-20)15-4-6-16(21)7-5-15/h2-9H,10-13H2,1H3,(H,22,24)(H,23,25). The number of hydrazine groups is 1. The molecule has 0 aliphatic carbocycles. The van der Waals surface area contributed by atoms with Crippen LogP contribution < -0.4 is 10.9 Å². The summed E-state index contributed by atoms with van der Waals surface area (Å²) < 4.78 is 29.4. The Bertz CT molecular complexity index is 998. The Kier molecular flexibility index (Phi) is 6.40. The molecule has 0 unspecified atom stereocenters. The van der Waals surface area contributed by atoms with Crippen LogP contribution in [0.3, 0.4) is 0 Å². The highest BCUT2D eigenvalue weighted by molar-refractivity contribution is 9.10. The van der Waals surface area contributed by atoms with Crippen molar-refractivity contribution in [2.45, 2.75) is 23.2 Å². The zero-order valence-corrected chi connectivity index (χ0v) is 18.2. The maximum Gasteiger partial charge on any atom is 0.269 e. The van der Waals surface area contributed by atoms with Crippen molar-refractivity contribution in [2.24, 2.45) is 0 Å². The summed E-state index contributed by atoms with van der Waals surface area (Å²) >= 11 is 3.40. The van der Waals surface area contributed by atoms with E-state index in [1.165, 1.54) is 24.3 Å². The van der Waals surface area contributed by atoms with E-state index in [4.69, 9.17) is 4.74 Å².